The van der Waals surface area contributed by atoms with E-state index in [2.05, 4.69) is 36.9 Å². The second-order valence-corrected chi connectivity index (χ2v) is 10.8. The van der Waals surface area contributed by atoms with Crippen LogP contribution in [0.4, 0.5) is 5.69 Å². The highest BCUT2D eigenvalue weighted by molar-refractivity contribution is 7.86. The number of carbonyl (C=O) groups is 1. The summed E-state index contributed by atoms with van der Waals surface area (Å²) >= 11 is 0. The number of amides is 1. The average Bonchev–Trinajstić information content (AvgIpc) is 3.31. The van der Waals surface area contributed by atoms with Gasteiger partial charge in [0.2, 0.25) is 5.91 Å². The van der Waals surface area contributed by atoms with Gasteiger partial charge in [0, 0.05) is 64.0 Å². The van der Waals surface area contributed by atoms with Crippen LogP contribution in [0.1, 0.15) is 36.8 Å². The Morgan fingerprint density at radius 2 is 1.47 bits per heavy atom. The molecule has 0 N–H and O–H groups in total. The highest BCUT2D eigenvalue weighted by Gasteiger charge is 2.37. The van der Waals surface area contributed by atoms with Crippen molar-refractivity contribution in [2.24, 2.45) is 5.92 Å². The topological polar surface area (TPSA) is 64.2 Å². The van der Waals surface area contributed by atoms with Crippen LogP contribution in [0.25, 0.3) is 0 Å². The fourth-order valence-corrected chi connectivity index (χ4v) is 6.62. The third-order valence-electron chi connectivity index (χ3n) is 6.82. The van der Waals surface area contributed by atoms with Gasteiger partial charge in [0.25, 0.3) is 10.2 Å². The summed E-state index contributed by atoms with van der Waals surface area (Å²) in [6, 6.07) is 6.52. The number of aryl methyl sites for hydroxylation is 2. The summed E-state index contributed by atoms with van der Waals surface area (Å²) in [5, 5.41) is 0. The van der Waals surface area contributed by atoms with E-state index >= 15 is 0 Å². The number of hydrogen-bond acceptors (Lipinski definition) is 4. The van der Waals surface area contributed by atoms with E-state index in [4.69, 9.17) is 0 Å². The fourth-order valence-electron chi connectivity index (χ4n) is 4.90. The Morgan fingerprint density at radius 1 is 0.867 bits per heavy atom. The molecule has 30 heavy (non-hydrogen) atoms. The van der Waals surface area contributed by atoms with Gasteiger partial charge in [-0.2, -0.15) is 17.0 Å². The van der Waals surface area contributed by atoms with Gasteiger partial charge in [0.1, 0.15) is 0 Å². The smallest absolute Gasteiger partial charge is 0.281 e. The molecule has 0 bridgehead atoms. The molecule has 1 amide bonds. The number of anilines is 1. The van der Waals surface area contributed by atoms with E-state index in [0.717, 1.165) is 39.0 Å². The summed E-state index contributed by atoms with van der Waals surface area (Å²) < 4.78 is 28.7. The van der Waals surface area contributed by atoms with Gasteiger partial charge >= 0.3 is 0 Å². The molecule has 3 heterocycles. The van der Waals surface area contributed by atoms with Crippen LogP contribution in [-0.2, 0) is 15.0 Å². The summed E-state index contributed by atoms with van der Waals surface area (Å²) in [7, 11) is -3.35. The largest absolute Gasteiger partial charge is 0.368 e. The average molecular weight is 435 g/mol. The van der Waals surface area contributed by atoms with Crippen molar-refractivity contribution in [1.82, 2.24) is 13.5 Å². The number of carbonyl (C=O) groups excluding carboxylic acids is 1. The fraction of sp³-hybridized carbons (Fsp3) is 0.682. The highest BCUT2D eigenvalue weighted by Crippen LogP contribution is 2.27. The van der Waals surface area contributed by atoms with Crippen molar-refractivity contribution >= 4 is 21.8 Å². The van der Waals surface area contributed by atoms with E-state index in [1.165, 1.54) is 16.8 Å². The van der Waals surface area contributed by atoms with Crippen molar-refractivity contribution in [1.29, 1.82) is 0 Å². The summed E-state index contributed by atoms with van der Waals surface area (Å²) in [6.45, 7) is 9.58. The van der Waals surface area contributed by atoms with Crippen LogP contribution in [0.2, 0.25) is 0 Å². The molecule has 3 aliphatic heterocycles. The first-order chi connectivity index (χ1) is 14.4. The molecular formula is C22H34N4O3S. The molecule has 0 unspecified atom stereocenters. The molecule has 0 spiro atoms. The molecule has 166 valence electrons. The van der Waals surface area contributed by atoms with Crippen molar-refractivity contribution in [3.8, 4) is 0 Å². The SMILES string of the molecule is Cc1ccc(C)c(N2CCN(C(=O)C3CCN(S(=O)(=O)N4CCCC4)CC3)CC2)c1. The Bertz CT molecular complexity index is 866. The van der Waals surface area contributed by atoms with Gasteiger partial charge in [-0.05, 0) is 56.7 Å². The maximum atomic E-state index is 13.1. The number of benzene rings is 1. The second-order valence-electron chi connectivity index (χ2n) is 8.89. The zero-order valence-electron chi connectivity index (χ0n) is 18.2. The molecular weight excluding hydrogens is 400 g/mol. The number of rotatable bonds is 4. The predicted molar refractivity (Wildman–Crippen MR) is 119 cm³/mol. The predicted octanol–water partition coefficient (Wildman–Crippen LogP) is 2.00. The van der Waals surface area contributed by atoms with Gasteiger partial charge in [-0.1, -0.05) is 12.1 Å². The maximum Gasteiger partial charge on any atom is 0.281 e. The molecule has 3 saturated heterocycles. The lowest BCUT2D eigenvalue weighted by atomic mass is 9.96. The normalized spacial score (nSPS) is 22.6. The van der Waals surface area contributed by atoms with Crippen molar-refractivity contribution in [3.05, 3.63) is 29.3 Å². The van der Waals surface area contributed by atoms with Crippen LogP contribution in [0.3, 0.4) is 0 Å². The molecule has 3 aliphatic rings. The highest BCUT2D eigenvalue weighted by atomic mass is 32.2. The number of piperidine rings is 1. The van der Waals surface area contributed by atoms with Gasteiger partial charge < -0.3 is 9.80 Å². The van der Waals surface area contributed by atoms with Gasteiger partial charge in [0.05, 0.1) is 0 Å². The molecule has 0 atom stereocenters. The van der Waals surface area contributed by atoms with E-state index in [-0.39, 0.29) is 11.8 Å². The minimum absolute atomic E-state index is 0.0534. The minimum atomic E-state index is -3.35. The first-order valence-corrected chi connectivity index (χ1v) is 12.6. The Balaban J connectivity index is 1.30. The Morgan fingerprint density at radius 3 is 2.10 bits per heavy atom. The van der Waals surface area contributed by atoms with Crippen LogP contribution in [0, 0.1) is 19.8 Å². The molecule has 4 rings (SSSR count). The van der Waals surface area contributed by atoms with Gasteiger partial charge in [-0.15, -0.1) is 0 Å². The number of piperazine rings is 1. The lowest BCUT2D eigenvalue weighted by Gasteiger charge is -2.40. The van der Waals surface area contributed by atoms with E-state index in [9.17, 15) is 13.2 Å². The van der Waals surface area contributed by atoms with E-state index in [1.807, 2.05) is 4.90 Å². The Labute approximate surface area is 180 Å². The first kappa shape index (κ1) is 21.6. The third kappa shape index (κ3) is 4.36. The van der Waals surface area contributed by atoms with Crippen LogP contribution < -0.4 is 4.90 Å². The molecule has 0 radical (unpaired) electrons. The van der Waals surface area contributed by atoms with Crippen LogP contribution in [0.15, 0.2) is 18.2 Å². The summed E-state index contributed by atoms with van der Waals surface area (Å²) in [5.41, 5.74) is 3.79. The number of nitrogens with zero attached hydrogens (tertiary/aromatic N) is 4. The lowest BCUT2D eigenvalue weighted by Crippen LogP contribution is -2.53. The van der Waals surface area contributed by atoms with Crippen LogP contribution >= 0.6 is 0 Å². The van der Waals surface area contributed by atoms with E-state index in [1.54, 1.807) is 8.61 Å². The van der Waals surface area contributed by atoms with Gasteiger partial charge in [-0.3, -0.25) is 4.79 Å². The van der Waals surface area contributed by atoms with E-state index < -0.39 is 10.2 Å². The van der Waals surface area contributed by atoms with E-state index in [0.29, 0.717) is 39.0 Å². The minimum Gasteiger partial charge on any atom is -0.368 e. The maximum absolute atomic E-state index is 13.1. The second kappa shape index (κ2) is 8.85. The Kier molecular flexibility index (Phi) is 6.36. The summed E-state index contributed by atoms with van der Waals surface area (Å²) in [5.74, 6) is 0.149. The molecule has 0 saturated carbocycles. The third-order valence-corrected chi connectivity index (χ3v) is 8.85. The van der Waals surface area contributed by atoms with Gasteiger partial charge in [0.15, 0.2) is 0 Å². The molecule has 7 nitrogen and oxygen atoms in total. The van der Waals surface area contributed by atoms with Crippen molar-refractivity contribution in [3.63, 3.8) is 0 Å². The summed E-state index contributed by atoms with van der Waals surface area (Å²) in [4.78, 5) is 17.4. The van der Waals surface area contributed by atoms with Crippen LogP contribution in [-0.4, -0.2) is 80.2 Å². The number of hydrogen-bond donors (Lipinski definition) is 0. The van der Waals surface area contributed by atoms with Gasteiger partial charge in [-0.25, -0.2) is 0 Å². The molecule has 1 aromatic rings. The Hall–Kier alpha value is -1.64. The molecule has 0 aromatic heterocycles. The monoisotopic (exact) mass is 434 g/mol. The lowest BCUT2D eigenvalue weighted by molar-refractivity contribution is -0.137. The van der Waals surface area contributed by atoms with Crippen molar-refractivity contribution < 1.29 is 13.2 Å². The van der Waals surface area contributed by atoms with Crippen molar-refractivity contribution in [2.75, 3.05) is 57.3 Å². The summed E-state index contributed by atoms with van der Waals surface area (Å²) in [6.07, 6.45) is 3.15. The standard InChI is InChI=1S/C22H34N4O3S/c1-18-5-6-19(2)21(17-18)23-13-15-24(16-14-23)22(27)20-7-11-26(12-8-20)30(28,29)25-9-3-4-10-25/h5-6,17,20H,3-4,7-16H2,1-2H3. The molecule has 3 fully saturated rings. The quantitative estimate of drug-likeness (QED) is 0.727. The molecule has 0 aliphatic carbocycles. The zero-order valence-corrected chi connectivity index (χ0v) is 19.0. The first-order valence-electron chi connectivity index (χ1n) is 11.2. The zero-order chi connectivity index (χ0) is 21.3. The van der Waals surface area contributed by atoms with Crippen LogP contribution in [0.5, 0.6) is 0 Å². The molecule has 1 aromatic carbocycles. The van der Waals surface area contributed by atoms with Crippen molar-refractivity contribution in [2.45, 2.75) is 39.5 Å². The molecule has 8 heteroatoms.